The summed E-state index contributed by atoms with van der Waals surface area (Å²) >= 11 is 0. The molecule has 0 amide bonds. The Morgan fingerprint density at radius 3 is 2.33 bits per heavy atom. The van der Waals surface area contributed by atoms with E-state index in [2.05, 4.69) is 4.72 Å². The van der Waals surface area contributed by atoms with Crippen LogP contribution in [0.1, 0.15) is 6.42 Å². The van der Waals surface area contributed by atoms with Crippen molar-refractivity contribution in [1.82, 2.24) is 4.72 Å². The van der Waals surface area contributed by atoms with E-state index < -0.39 is 51.3 Å². The Hall–Kier alpha value is -1.19. The van der Waals surface area contributed by atoms with Crippen molar-refractivity contribution in [3.63, 3.8) is 0 Å². The fraction of sp³-hybridized carbons (Fsp3) is 0.778. The number of carboxylic acids is 2. The van der Waals surface area contributed by atoms with Gasteiger partial charge in [-0.3, -0.25) is 9.59 Å². The minimum absolute atomic E-state index is 0.0888. The predicted molar refractivity (Wildman–Crippen MR) is 59.0 cm³/mol. The molecule has 0 unspecified atom stereocenters. The first-order chi connectivity index (χ1) is 8.08. The zero-order chi connectivity index (χ0) is 13.9. The van der Waals surface area contributed by atoms with Crippen molar-refractivity contribution in [3.05, 3.63) is 0 Å². The monoisotopic (exact) mass is 278 g/mol. The normalized spacial score (nSPS) is 42.3. The molecular formula is C9H14N2O6S. The molecule has 9 heteroatoms. The van der Waals surface area contributed by atoms with Gasteiger partial charge in [-0.1, -0.05) is 0 Å². The van der Waals surface area contributed by atoms with E-state index in [0.29, 0.717) is 0 Å². The van der Waals surface area contributed by atoms with Crippen molar-refractivity contribution in [2.45, 2.75) is 18.0 Å². The molecule has 18 heavy (non-hydrogen) atoms. The average Bonchev–Trinajstić information content (AvgIpc) is 2.82. The summed E-state index contributed by atoms with van der Waals surface area (Å²) < 4.78 is 24.6. The molecule has 0 aliphatic heterocycles. The maximum Gasteiger partial charge on any atom is 0.324 e. The molecule has 5 atom stereocenters. The first kappa shape index (κ1) is 13.2. The lowest BCUT2D eigenvalue weighted by Crippen LogP contribution is -2.52. The maximum atomic E-state index is 11.2. The molecule has 0 saturated heterocycles. The fourth-order valence-corrected chi connectivity index (χ4v) is 3.87. The molecule has 0 spiro atoms. The van der Waals surface area contributed by atoms with Crippen molar-refractivity contribution < 1.29 is 28.2 Å². The number of carboxylic acid groups (broad SMARTS) is 2. The fourth-order valence-electron chi connectivity index (χ4n) is 3.08. The molecule has 0 aromatic rings. The summed E-state index contributed by atoms with van der Waals surface area (Å²) in [5, 5.41) is 18.1. The van der Waals surface area contributed by atoms with Gasteiger partial charge in [-0.25, -0.2) is 13.1 Å². The number of aliphatic carboxylic acids is 2. The number of nitrogens with two attached hydrogens (primary N) is 1. The van der Waals surface area contributed by atoms with Gasteiger partial charge in [0, 0.05) is 12.0 Å². The molecular weight excluding hydrogens is 264 g/mol. The number of fused-ring (bicyclic) bond motifs is 1. The highest BCUT2D eigenvalue weighted by Gasteiger charge is 2.74. The minimum atomic E-state index is -3.53. The number of hydrogen-bond donors (Lipinski definition) is 4. The smallest absolute Gasteiger partial charge is 0.324 e. The third-order valence-corrected chi connectivity index (χ3v) is 4.47. The summed E-state index contributed by atoms with van der Waals surface area (Å²) in [6.45, 7) is 0. The second-order valence-corrected chi connectivity index (χ2v) is 6.79. The van der Waals surface area contributed by atoms with Crippen LogP contribution in [0.4, 0.5) is 0 Å². The molecule has 0 radical (unpaired) electrons. The van der Waals surface area contributed by atoms with Gasteiger partial charge < -0.3 is 15.9 Å². The SMILES string of the molecule is CS(=O)(=O)N[C@H]1C[C@](N)(C(=O)O)[C@@H]2[C@H](C(=O)O)[C@H]21. The van der Waals surface area contributed by atoms with Gasteiger partial charge in [0.05, 0.1) is 12.2 Å². The van der Waals surface area contributed by atoms with Crippen LogP contribution in [0.3, 0.4) is 0 Å². The lowest BCUT2D eigenvalue weighted by molar-refractivity contribution is -0.145. The zero-order valence-corrected chi connectivity index (χ0v) is 10.3. The lowest BCUT2D eigenvalue weighted by atomic mass is 9.90. The van der Waals surface area contributed by atoms with E-state index in [1.54, 1.807) is 0 Å². The Morgan fingerprint density at radius 2 is 1.94 bits per heavy atom. The van der Waals surface area contributed by atoms with E-state index >= 15 is 0 Å². The Bertz CT molecular complexity index is 517. The molecule has 2 rings (SSSR count). The van der Waals surface area contributed by atoms with E-state index in [1.165, 1.54) is 0 Å². The number of hydrogen-bond acceptors (Lipinski definition) is 5. The Morgan fingerprint density at radius 1 is 1.39 bits per heavy atom. The van der Waals surface area contributed by atoms with Gasteiger partial charge in [-0.15, -0.1) is 0 Å². The van der Waals surface area contributed by atoms with Crippen LogP contribution in [0.15, 0.2) is 0 Å². The summed E-state index contributed by atoms with van der Waals surface area (Å²) in [7, 11) is -3.53. The highest BCUT2D eigenvalue weighted by atomic mass is 32.2. The molecule has 2 aliphatic carbocycles. The van der Waals surface area contributed by atoms with E-state index in [-0.39, 0.29) is 6.42 Å². The topological polar surface area (TPSA) is 147 Å². The Balaban J connectivity index is 2.27. The van der Waals surface area contributed by atoms with Crippen molar-refractivity contribution in [2.24, 2.45) is 23.5 Å². The van der Waals surface area contributed by atoms with Crippen molar-refractivity contribution in [1.29, 1.82) is 0 Å². The van der Waals surface area contributed by atoms with Crippen LogP contribution >= 0.6 is 0 Å². The quantitative estimate of drug-likeness (QED) is 0.466. The molecule has 2 aliphatic rings. The van der Waals surface area contributed by atoms with E-state index in [9.17, 15) is 18.0 Å². The summed E-state index contributed by atoms with van der Waals surface area (Å²) in [6, 6.07) is -0.729. The third-order valence-electron chi connectivity index (χ3n) is 3.74. The maximum absolute atomic E-state index is 11.2. The molecule has 0 heterocycles. The van der Waals surface area contributed by atoms with Crippen LogP contribution in [-0.4, -0.2) is 48.4 Å². The second kappa shape index (κ2) is 3.65. The second-order valence-electron chi connectivity index (χ2n) is 5.01. The summed E-state index contributed by atoms with van der Waals surface area (Å²) in [5.74, 6) is -4.58. The number of carbonyl (C=O) groups is 2. The lowest BCUT2D eigenvalue weighted by Gasteiger charge is -2.24. The Kier molecular flexibility index (Phi) is 2.69. The third kappa shape index (κ3) is 1.88. The molecule has 102 valence electrons. The molecule has 5 N–H and O–H groups in total. The highest BCUT2D eigenvalue weighted by Crippen LogP contribution is 2.61. The summed E-state index contributed by atoms with van der Waals surface area (Å²) in [5.41, 5.74) is 4.06. The minimum Gasteiger partial charge on any atom is -0.481 e. The highest BCUT2D eigenvalue weighted by molar-refractivity contribution is 7.88. The average molecular weight is 278 g/mol. The first-order valence-corrected chi connectivity index (χ1v) is 7.19. The van der Waals surface area contributed by atoms with Gasteiger partial charge in [0.15, 0.2) is 0 Å². The summed E-state index contributed by atoms with van der Waals surface area (Å²) in [4.78, 5) is 22.1. The number of rotatable bonds is 4. The Labute approximate surface area is 103 Å². The van der Waals surface area contributed by atoms with Crippen LogP contribution in [0.25, 0.3) is 0 Å². The van der Waals surface area contributed by atoms with Crippen molar-refractivity contribution in [3.8, 4) is 0 Å². The van der Waals surface area contributed by atoms with Crippen LogP contribution < -0.4 is 10.5 Å². The number of sulfonamides is 1. The molecule has 0 aromatic heterocycles. The first-order valence-electron chi connectivity index (χ1n) is 5.30. The predicted octanol–water partition coefficient (Wildman–Crippen LogP) is -1.96. The van der Waals surface area contributed by atoms with Crippen LogP contribution in [0, 0.1) is 17.8 Å². The zero-order valence-electron chi connectivity index (χ0n) is 9.53. The summed E-state index contributed by atoms with van der Waals surface area (Å²) in [6.07, 6.45) is 0.853. The molecule has 2 saturated carbocycles. The molecule has 2 fully saturated rings. The molecule has 0 bridgehead atoms. The van der Waals surface area contributed by atoms with E-state index in [4.69, 9.17) is 15.9 Å². The largest absolute Gasteiger partial charge is 0.481 e. The molecule has 8 nitrogen and oxygen atoms in total. The standard InChI is InChI=1S/C9H14N2O6S/c1-18(16,17)11-3-2-9(10,8(14)15)6-4(3)5(6)7(12)13/h3-6,11H,2,10H2,1H3,(H,12,13)(H,14,15)/t3-,4+,5+,6-,9+/m0/s1. The van der Waals surface area contributed by atoms with Gasteiger partial charge in [-0.05, 0) is 12.3 Å². The van der Waals surface area contributed by atoms with Crippen molar-refractivity contribution in [2.75, 3.05) is 6.26 Å². The van der Waals surface area contributed by atoms with Gasteiger partial charge >= 0.3 is 11.9 Å². The van der Waals surface area contributed by atoms with Gasteiger partial charge in [-0.2, -0.15) is 0 Å². The number of nitrogens with one attached hydrogen (secondary N) is 1. The van der Waals surface area contributed by atoms with E-state index in [0.717, 1.165) is 6.26 Å². The van der Waals surface area contributed by atoms with Crippen LogP contribution in [-0.2, 0) is 19.6 Å². The van der Waals surface area contributed by atoms with Crippen LogP contribution in [0.2, 0.25) is 0 Å². The van der Waals surface area contributed by atoms with E-state index in [1.807, 2.05) is 0 Å². The van der Waals surface area contributed by atoms with Gasteiger partial charge in [0.2, 0.25) is 10.0 Å². The van der Waals surface area contributed by atoms with Crippen molar-refractivity contribution >= 4 is 22.0 Å². The molecule has 0 aromatic carbocycles. The van der Waals surface area contributed by atoms with Gasteiger partial charge in [0.1, 0.15) is 5.54 Å². The van der Waals surface area contributed by atoms with Crippen LogP contribution in [0.5, 0.6) is 0 Å². The van der Waals surface area contributed by atoms with Gasteiger partial charge in [0.25, 0.3) is 0 Å².